The number of rotatable bonds is 4. The summed E-state index contributed by atoms with van der Waals surface area (Å²) >= 11 is 3.05. The van der Waals surface area contributed by atoms with E-state index in [0.29, 0.717) is 18.1 Å². The molecule has 1 amide bonds. The predicted molar refractivity (Wildman–Crippen MR) is 67.7 cm³/mol. The molecule has 0 aliphatic rings. The van der Waals surface area contributed by atoms with E-state index in [2.05, 4.69) is 10.3 Å². The zero-order valence-electron chi connectivity index (χ0n) is 8.47. The Morgan fingerprint density at radius 1 is 1.50 bits per heavy atom. The molecule has 0 aromatic carbocycles. The van der Waals surface area contributed by atoms with Crippen molar-refractivity contribution in [3.63, 3.8) is 0 Å². The Balaban J connectivity index is 2.06. The topological polar surface area (TPSA) is 68.0 Å². The molecule has 0 bridgehead atoms. The molecule has 0 aliphatic heterocycles. The average Bonchev–Trinajstić information content (AvgIpc) is 2.86. The normalized spacial score (nSPS) is 10.3. The number of hydrogen-bond acceptors (Lipinski definition) is 5. The Morgan fingerprint density at radius 3 is 3.06 bits per heavy atom. The van der Waals surface area contributed by atoms with Crippen molar-refractivity contribution in [2.75, 3.05) is 11.9 Å². The van der Waals surface area contributed by atoms with Crippen LogP contribution in [0.5, 0.6) is 0 Å². The molecule has 0 saturated carbocycles. The number of anilines is 1. The van der Waals surface area contributed by atoms with Crippen molar-refractivity contribution in [3.05, 3.63) is 22.9 Å². The highest BCUT2D eigenvalue weighted by Gasteiger charge is 2.07. The third-order valence-corrected chi connectivity index (χ3v) is 3.55. The lowest BCUT2D eigenvalue weighted by atomic mass is 10.4. The van der Waals surface area contributed by atoms with E-state index in [1.165, 1.54) is 11.3 Å². The van der Waals surface area contributed by atoms with E-state index in [-0.39, 0.29) is 5.91 Å². The predicted octanol–water partition coefficient (Wildman–Crippen LogP) is 2.16. The smallest absolute Gasteiger partial charge is 0.227 e. The number of carbonyl (C=O) groups is 1. The molecular weight excluding hydrogens is 242 g/mol. The van der Waals surface area contributed by atoms with Gasteiger partial charge in [-0.1, -0.05) is 6.07 Å². The second-order valence-electron chi connectivity index (χ2n) is 3.10. The van der Waals surface area contributed by atoms with Gasteiger partial charge in [0.25, 0.3) is 0 Å². The molecular formula is C10H11N3OS2. The molecule has 6 heteroatoms. The SMILES string of the molecule is NCCC(=O)Nc1nc(-c2cccs2)cs1. The van der Waals surface area contributed by atoms with Crippen LogP contribution in [0.4, 0.5) is 5.13 Å². The maximum absolute atomic E-state index is 11.3. The molecule has 16 heavy (non-hydrogen) atoms. The van der Waals surface area contributed by atoms with Crippen LogP contribution in [0.15, 0.2) is 22.9 Å². The quantitative estimate of drug-likeness (QED) is 0.877. The summed E-state index contributed by atoms with van der Waals surface area (Å²) in [6.45, 7) is 0.356. The Kier molecular flexibility index (Phi) is 3.66. The van der Waals surface area contributed by atoms with Gasteiger partial charge in [0.05, 0.1) is 10.6 Å². The highest BCUT2D eigenvalue weighted by molar-refractivity contribution is 7.16. The van der Waals surface area contributed by atoms with Crippen LogP contribution in [0.1, 0.15) is 6.42 Å². The summed E-state index contributed by atoms with van der Waals surface area (Å²) in [6.07, 6.45) is 0.327. The fourth-order valence-electron chi connectivity index (χ4n) is 1.18. The zero-order valence-corrected chi connectivity index (χ0v) is 10.1. The third-order valence-electron chi connectivity index (χ3n) is 1.90. The molecule has 0 aliphatic carbocycles. The highest BCUT2D eigenvalue weighted by atomic mass is 32.1. The summed E-state index contributed by atoms with van der Waals surface area (Å²) in [5.74, 6) is -0.0884. The molecule has 0 saturated heterocycles. The number of amides is 1. The molecule has 4 nitrogen and oxygen atoms in total. The van der Waals surface area contributed by atoms with Crippen LogP contribution in [-0.4, -0.2) is 17.4 Å². The summed E-state index contributed by atoms with van der Waals surface area (Å²) in [5, 5.41) is 7.28. The lowest BCUT2D eigenvalue weighted by Gasteiger charge is -1.98. The Bertz CT molecular complexity index is 464. The van der Waals surface area contributed by atoms with Gasteiger partial charge in [-0.2, -0.15) is 0 Å². The summed E-state index contributed by atoms with van der Waals surface area (Å²) in [7, 11) is 0. The van der Waals surface area contributed by atoms with Crippen LogP contribution in [-0.2, 0) is 4.79 Å². The van der Waals surface area contributed by atoms with Crippen molar-refractivity contribution >= 4 is 33.7 Å². The van der Waals surface area contributed by atoms with Crippen LogP contribution in [0.2, 0.25) is 0 Å². The molecule has 2 aromatic heterocycles. The van der Waals surface area contributed by atoms with Gasteiger partial charge < -0.3 is 11.1 Å². The van der Waals surface area contributed by atoms with Gasteiger partial charge >= 0.3 is 0 Å². The molecule has 2 heterocycles. The van der Waals surface area contributed by atoms with E-state index in [0.717, 1.165) is 10.6 Å². The molecule has 0 spiro atoms. The molecule has 2 aromatic rings. The Morgan fingerprint density at radius 2 is 2.38 bits per heavy atom. The molecule has 2 rings (SSSR count). The number of thiazole rings is 1. The Labute approximate surface area is 101 Å². The van der Waals surface area contributed by atoms with Crippen LogP contribution in [0.3, 0.4) is 0 Å². The van der Waals surface area contributed by atoms with E-state index in [4.69, 9.17) is 5.73 Å². The molecule has 84 valence electrons. The first-order chi connectivity index (χ1) is 7.79. The number of nitrogens with zero attached hydrogens (tertiary/aromatic N) is 1. The number of carbonyl (C=O) groups excluding carboxylic acids is 1. The molecule has 0 radical (unpaired) electrons. The minimum Gasteiger partial charge on any atom is -0.330 e. The van der Waals surface area contributed by atoms with Gasteiger partial charge in [0.15, 0.2) is 5.13 Å². The summed E-state index contributed by atoms with van der Waals surface area (Å²) < 4.78 is 0. The second kappa shape index (κ2) is 5.20. The van der Waals surface area contributed by atoms with E-state index in [1.54, 1.807) is 11.3 Å². The Hall–Kier alpha value is -1.24. The van der Waals surface area contributed by atoms with Crippen molar-refractivity contribution < 1.29 is 4.79 Å². The van der Waals surface area contributed by atoms with Gasteiger partial charge in [0.1, 0.15) is 0 Å². The molecule has 3 N–H and O–H groups in total. The van der Waals surface area contributed by atoms with E-state index >= 15 is 0 Å². The largest absolute Gasteiger partial charge is 0.330 e. The van der Waals surface area contributed by atoms with Crippen LogP contribution in [0, 0.1) is 0 Å². The molecule has 0 fully saturated rings. The monoisotopic (exact) mass is 253 g/mol. The van der Waals surface area contributed by atoms with Crippen LogP contribution < -0.4 is 11.1 Å². The number of hydrogen-bond donors (Lipinski definition) is 2. The fourth-order valence-corrected chi connectivity index (χ4v) is 2.67. The second-order valence-corrected chi connectivity index (χ2v) is 4.91. The minimum absolute atomic E-state index is 0.0884. The standard InChI is InChI=1S/C10H11N3OS2/c11-4-3-9(14)13-10-12-7(6-16-10)8-2-1-5-15-8/h1-2,5-6H,3-4,11H2,(H,12,13,14). The van der Waals surface area contributed by atoms with Gasteiger partial charge in [-0.05, 0) is 11.4 Å². The van der Waals surface area contributed by atoms with Crippen molar-refractivity contribution in [1.29, 1.82) is 0 Å². The molecule has 0 unspecified atom stereocenters. The zero-order chi connectivity index (χ0) is 11.4. The van der Waals surface area contributed by atoms with Crippen molar-refractivity contribution in [2.45, 2.75) is 6.42 Å². The van der Waals surface area contributed by atoms with E-state index in [1.807, 2.05) is 22.9 Å². The minimum atomic E-state index is -0.0884. The number of thiophene rings is 1. The van der Waals surface area contributed by atoms with E-state index < -0.39 is 0 Å². The number of nitrogens with two attached hydrogens (primary N) is 1. The maximum atomic E-state index is 11.3. The van der Waals surface area contributed by atoms with Gasteiger partial charge in [-0.15, -0.1) is 22.7 Å². The first-order valence-electron chi connectivity index (χ1n) is 4.79. The van der Waals surface area contributed by atoms with Crippen molar-refractivity contribution in [3.8, 4) is 10.6 Å². The average molecular weight is 253 g/mol. The van der Waals surface area contributed by atoms with Crippen LogP contribution in [0.25, 0.3) is 10.6 Å². The maximum Gasteiger partial charge on any atom is 0.227 e. The first-order valence-corrected chi connectivity index (χ1v) is 6.55. The number of aromatic nitrogens is 1. The van der Waals surface area contributed by atoms with Gasteiger partial charge in [-0.3, -0.25) is 4.79 Å². The van der Waals surface area contributed by atoms with Crippen molar-refractivity contribution in [2.24, 2.45) is 5.73 Å². The lowest BCUT2D eigenvalue weighted by Crippen LogP contribution is -2.15. The summed E-state index contributed by atoms with van der Waals surface area (Å²) in [5.41, 5.74) is 6.19. The third kappa shape index (κ3) is 2.66. The van der Waals surface area contributed by atoms with E-state index in [9.17, 15) is 4.79 Å². The van der Waals surface area contributed by atoms with Crippen molar-refractivity contribution in [1.82, 2.24) is 4.98 Å². The lowest BCUT2D eigenvalue weighted by molar-refractivity contribution is -0.116. The number of nitrogens with one attached hydrogen (secondary N) is 1. The summed E-state index contributed by atoms with van der Waals surface area (Å²) in [4.78, 5) is 16.7. The van der Waals surface area contributed by atoms with Crippen LogP contribution >= 0.6 is 22.7 Å². The fraction of sp³-hybridized carbons (Fsp3) is 0.200. The van der Waals surface area contributed by atoms with Gasteiger partial charge in [0, 0.05) is 18.3 Å². The first kappa shape index (κ1) is 11.3. The summed E-state index contributed by atoms with van der Waals surface area (Å²) in [6, 6.07) is 3.98. The van der Waals surface area contributed by atoms with Gasteiger partial charge in [0.2, 0.25) is 5.91 Å². The van der Waals surface area contributed by atoms with Gasteiger partial charge in [-0.25, -0.2) is 4.98 Å². The highest BCUT2D eigenvalue weighted by Crippen LogP contribution is 2.28. The molecule has 0 atom stereocenters.